The summed E-state index contributed by atoms with van der Waals surface area (Å²) >= 11 is 0. The molecule has 2 aromatic carbocycles. The number of nitrogens with zero attached hydrogens (tertiary/aromatic N) is 1. The molecular weight excluding hydrogens is 350 g/mol. The van der Waals surface area contributed by atoms with Crippen molar-refractivity contribution in [3.8, 4) is 0 Å². The first-order valence-electron chi connectivity index (χ1n) is 9.04. The number of hydrogen-bond donors (Lipinski definition) is 2. The maximum Gasteiger partial charge on any atom is 0.259 e. The van der Waals surface area contributed by atoms with E-state index < -0.39 is 0 Å². The zero-order valence-electron chi connectivity index (χ0n) is 15.6. The quantitative estimate of drug-likeness (QED) is 0.678. The average molecular weight is 369 g/mol. The molecule has 28 heavy (non-hydrogen) atoms. The predicted octanol–water partition coefficient (Wildman–Crippen LogP) is 4.16. The molecule has 5 nitrogen and oxygen atoms in total. The van der Waals surface area contributed by atoms with E-state index in [1.54, 1.807) is 30.3 Å². The van der Waals surface area contributed by atoms with Gasteiger partial charge in [0.15, 0.2) is 5.78 Å². The summed E-state index contributed by atoms with van der Waals surface area (Å²) in [5, 5.41) is 2.87. The third-order valence-corrected chi connectivity index (χ3v) is 4.73. The second-order valence-corrected chi connectivity index (χ2v) is 6.57. The summed E-state index contributed by atoms with van der Waals surface area (Å²) in [4.78, 5) is 32.9. The number of allylic oxidation sites excluding steroid dienone is 4. The average Bonchev–Trinajstić information content (AvgIpc) is 3.25. The first-order valence-corrected chi connectivity index (χ1v) is 9.04. The lowest BCUT2D eigenvalue weighted by Crippen LogP contribution is -2.16. The summed E-state index contributed by atoms with van der Waals surface area (Å²) < 4.78 is 0. The second-order valence-electron chi connectivity index (χ2n) is 6.57. The van der Waals surface area contributed by atoms with E-state index in [1.807, 2.05) is 50.3 Å². The number of ketones is 1. The highest BCUT2D eigenvalue weighted by Gasteiger charge is 2.27. The number of benzene rings is 2. The zero-order valence-corrected chi connectivity index (χ0v) is 15.6. The van der Waals surface area contributed by atoms with Gasteiger partial charge in [0.05, 0.1) is 16.6 Å². The van der Waals surface area contributed by atoms with Gasteiger partial charge in [0.2, 0.25) is 0 Å². The maximum atomic E-state index is 12.7. The lowest BCUT2D eigenvalue weighted by atomic mass is 10.0. The fourth-order valence-electron chi connectivity index (χ4n) is 3.25. The second kappa shape index (κ2) is 7.12. The van der Waals surface area contributed by atoms with Gasteiger partial charge in [0.1, 0.15) is 5.82 Å². The minimum atomic E-state index is -0.187. The highest BCUT2D eigenvalue weighted by molar-refractivity contribution is 6.24. The number of amides is 1. The molecule has 2 N–H and O–H groups in total. The number of nitrogens with one attached hydrogen (secondary N) is 2. The first kappa shape index (κ1) is 17.7. The number of H-pyrrole nitrogens is 1. The molecule has 1 aliphatic heterocycles. The Balaban J connectivity index is 1.74. The fourth-order valence-corrected chi connectivity index (χ4v) is 3.25. The monoisotopic (exact) mass is 369 g/mol. The van der Waals surface area contributed by atoms with Crippen LogP contribution in [0.25, 0.3) is 16.6 Å². The van der Waals surface area contributed by atoms with Crippen molar-refractivity contribution in [3.63, 3.8) is 0 Å². The number of carbonyl (C=O) groups excluding carboxylic acids is 2. The Bertz CT molecular complexity index is 1180. The van der Waals surface area contributed by atoms with Crippen LogP contribution in [-0.4, -0.2) is 21.7 Å². The van der Waals surface area contributed by atoms with Crippen LogP contribution in [0.1, 0.15) is 35.6 Å². The van der Waals surface area contributed by atoms with Crippen molar-refractivity contribution in [1.82, 2.24) is 15.3 Å². The lowest BCUT2D eigenvalue weighted by Gasteiger charge is -2.00. The van der Waals surface area contributed by atoms with Crippen LogP contribution >= 0.6 is 0 Å². The number of hydrogen-bond acceptors (Lipinski definition) is 3. The third kappa shape index (κ3) is 3.07. The highest BCUT2D eigenvalue weighted by atomic mass is 16.2. The van der Waals surface area contributed by atoms with Crippen LogP contribution in [0.5, 0.6) is 0 Å². The minimum absolute atomic E-state index is 0.0516. The molecule has 1 aromatic heterocycles. The number of carbonyl (C=O) groups is 2. The Morgan fingerprint density at radius 1 is 1.07 bits per heavy atom. The molecule has 0 aliphatic carbocycles. The molecule has 138 valence electrons. The van der Waals surface area contributed by atoms with Crippen LogP contribution in [0.15, 0.2) is 78.0 Å². The van der Waals surface area contributed by atoms with Gasteiger partial charge < -0.3 is 10.3 Å². The van der Waals surface area contributed by atoms with E-state index in [1.165, 1.54) is 0 Å². The molecule has 5 heteroatoms. The summed E-state index contributed by atoms with van der Waals surface area (Å²) in [5.74, 6) is 0.260. The third-order valence-electron chi connectivity index (χ3n) is 4.73. The molecule has 2 heterocycles. The molecule has 0 spiro atoms. The molecular formula is C23H19N3O2. The summed E-state index contributed by atoms with van der Waals surface area (Å²) in [6.45, 7) is 3.81. The minimum Gasteiger partial charge on any atom is -0.338 e. The van der Waals surface area contributed by atoms with Crippen LogP contribution in [-0.2, 0) is 4.79 Å². The molecule has 0 saturated carbocycles. The van der Waals surface area contributed by atoms with Crippen LogP contribution < -0.4 is 5.32 Å². The maximum absolute atomic E-state index is 12.7. The molecule has 0 atom stereocenters. The van der Waals surface area contributed by atoms with Gasteiger partial charge in [-0.2, -0.15) is 0 Å². The smallest absolute Gasteiger partial charge is 0.259 e. The van der Waals surface area contributed by atoms with Gasteiger partial charge in [0, 0.05) is 16.8 Å². The number of rotatable bonds is 4. The van der Waals surface area contributed by atoms with Crippen LogP contribution in [0.3, 0.4) is 0 Å². The Labute approximate surface area is 162 Å². The van der Waals surface area contributed by atoms with E-state index in [0.717, 1.165) is 16.8 Å². The number of fused-ring (bicyclic) bond motifs is 1. The summed E-state index contributed by atoms with van der Waals surface area (Å²) in [7, 11) is 0. The topological polar surface area (TPSA) is 74.8 Å². The number of aromatic nitrogens is 2. The normalized spacial score (nSPS) is 15.8. The molecule has 0 unspecified atom stereocenters. The molecule has 0 radical (unpaired) electrons. The largest absolute Gasteiger partial charge is 0.338 e. The molecule has 3 aromatic rings. The predicted molar refractivity (Wildman–Crippen MR) is 110 cm³/mol. The van der Waals surface area contributed by atoms with Gasteiger partial charge in [-0.1, -0.05) is 42.5 Å². The van der Waals surface area contributed by atoms with Crippen molar-refractivity contribution in [1.29, 1.82) is 0 Å². The van der Waals surface area contributed by atoms with Crippen molar-refractivity contribution in [2.45, 2.75) is 13.8 Å². The number of imidazole rings is 1. The summed E-state index contributed by atoms with van der Waals surface area (Å²) in [6, 6.07) is 14.5. The van der Waals surface area contributed by atoms with Gasteiger partial charge in [-0.3, -0.25) is 9.59 Å². The van der Waals surface area contributed by atoms with E-state index in [2.05, 4.69) is 15.3 Å². The molecule has 0 saturated heterocycles. The van der Waals surface area contributed by atoms with Crippen molar-refractivity contribution >= 4 is 28.3 Å². The number of aromatic amines is 1. The van der Waals surface area contributed by atoms with Crippen LogP contribution in [0, 0.1) is 0 Å². The molecule has 4 rings (SSSR count). The van der Waals surface area contributed by atoms with E-state index >= 15 is 0 Å². The van der Waals surface area contributed by atoms with Gasteiger partial charge in [-0.15, -0.1) is 0 Å². The van der Waals surface area contributed by atoms with Crippen LogP contribution in [0.2, 0.25) is 0 Å². The molecule has 0 fully saturated rings. The summed E-state index contributed by atoms with van der Waals surface area (Å²) in [6.07, 6.45) is 5.64. The zero-order chi connectivity index (χ0) is 19.7. The Morgan fingerprint density at radius 3 is 2.61 bits per heavy atom. The Morgan fingerprint density at radius 2 is 1.86 bits per heavy atom. The van der Waals surface area contributed by atoms with E-state index in [0.29, 0.717) is 28.0 Å². The van der Waals surface area contributed by atoms with Crippen molar-refractivity contribution < 1.29 is 9.59 Å². The standard InChI is InChI=1S/C23H19N3O2/c1-3-4-10-17-14(2)20(23(28)26-17)22-24-18-12-11-16(13-19(18)25-22)21(27)15-8-6-5-7-9-15/h3-13H,1-2H3,(H,24,25)(H,26,28)/b4-3?,17-10+. The van der Waals surface area contributed by atoms with Crippen molar-refractivity contribution in [2.24, 2.45) is 0 Å². The molecule has 1 aliphatic rings. The van der Waals surface area contributed by atoms with Crippen molar-refractivity contribution in [2.75, 3.05) is 0 Å². The Kier molecular flexibility index (Phi) is 4.49. The lowest BCUT2D eigenvalue weighted by molar-refractivity contribution is -0.114. The first-order chi connectivity index (χ1) is 13.6. The Hall–Kier alpha value is -3.73. The summed E-state index contributed by atoms with van der Waals surface area (Å²) in [5.41, 5.74) is 4.75. The van der Waals surface area contributed by atoms with Crippen LogP contribution in [0.4, 0.5) is 0 Å². The van der Waals surface area contributed by atoms with Gasteiger partial charge in [-0.05, 0) is 43.7 Å². The van der Waals surface area contributed by atoms with Gasteiger partial charge >= 0.3 is 0 Å². The molecule has 1 amide bonds. The van der Waals surface area contributed by atoms with Crippen molar-refractivity contribution in [3.05, 3.63) is 95.0 Å². The SMILES string of the molecule is CC=C/C=C1/NC(=O)C(c2nc3ccc(C(=O)c4ccccc4)cc3[nH]2)=C1C. The van der Waals surface area contributed by atoms with Gasteiger partial charge in [0.25, 0.3) is 5.91 Å². The van der Waals surface area contributed by atoms with E-state index in [9.17, 15) is 9.59 Å². The molecule has 0 bridgehead atoms. The van der Waals surface area contributed by atoms with Gasteiger partial charge in [-0.25, -0.2) is 4.98 Å². The fraction of sp³-hybridized carbons (Fsp3) is 0.0870. The highest BCUT2D eigenvalue weighted by Crippen LogP contribution is 2.29. The van der Waals surface area contributed by atoms with E-state index in [-0.39, 0.29) is 11.7 Å². The van der Waals surface area contributed by atoms with E-state index in [4.69, 9.17) is 0 Å².